The Labute approximate surface area is 183 Å². The van der Waals surface area contributed by atoms with Gasteiger partial charge in [-0.3, -0.25) is 4.79 Å². The molecule has 2 aromatic heterocycles. The van der Waals surface area contributed by atoms with Crippen molar-refractivity contribution in [2.24, 2.45) is 0 Å². The first-order chi connectivity index (χ1) is 14.0. The average molecular weight is 449 g/mol. The Bertz CT molecular complexity index is 999. The summed E-state index contributed by atoms with van der Waals surface area (Å²) in [6, 6.07) is 10.6. The molecule has 3 heterocycles. The normalized spacial score (nSPS) is 14.2. The molecule has 0 aliphatic carbocycles. The average Bonchev–Trinajstić information content (AvgIpc) is 2.73. The number of halogens is 3. The third-order valence-electron chi connectivity index (χ3n) is 4.68. The van der Waals surface area contributed by atoms with Crippen molar-refractivity contribution < 1.29 is 4.79 Å². The van der Waals surface area contributed by atoms with E-state index in [0.717, 1.165) is 11.1 Å². The van der Waals surface area contributed by atoms with Crippen LogP contribution in [0.3, 0.4) is 0 Å². The Balaban J connectivity index is 1.40. The Kier molecular flexibility index (Phi) is 5.85. The van der Waals surface area contributed by atoms with E-state index in [1.807, 2.05) is 24.3 Å². The van der Waals surface area contributed by atoms with E-state index in [1.54, 1.807) is 17.3 Å². The maximum absolute atomic E-state index is 12.7. The molecular weight excluding hydrogens is 433 g/mol. The van der Waals surface area contributed by atoms with Gasteiger partial charge in [-0.2, -0.15) is 0 Å². The van der Waals surface area contributed by atoms with Crippen molar-refractivity contribution in [1.82, 2.24) is 19.9 Å². The van der Waals surface area contributed by atoms with Gasteiger partial charge in [-0.15, -0.1) is 0 Å². The van der Waals surface area contributed by atoms with Gasteiger partial charge in [0.15, 0.2) is 0 Å². The highest BCUT2D eigenvalue weighted by Crippen LogP contribution is 2.22. The highest BCUT2D eigenvalue weighted by atomic mass is 35.5. The minimum Gasteiger partial charge on any atom is -0.337 e. The van der Waals surface area contributed by atoms with Crippen molar-refractivity contribution in [2.45, 2.75) is 0 Å². The lowest BCUT2D eigenvalue weighted by molar-refractivity contribution is 0.0746. The molecule has 9 heteroatoms. The number of rotatable bonds is 3. The van der Waals surface area contributed by atoms with Crippen LogP contribution in [0, 0.1) is 0 Å². The molecule has 148 valence electrons. The zero-order valence-corrected chi connectivity index (χ0v) is 17.5. The van der Waals surface area contributed by atoms with Crippen molar-refractivity contribution in [1.29, 1.82) is 0 Å². The number of nitrogens with zero attached hydrogens (tertiary/aromatic N) is 5. The van der Waals surface area contributed by atoms with E-state index >= 15 is 0 Å². The number of pyridine rings is 1. The number of hydrogen-bond donors (Lipinski definition) is 0. The SMILES string of the molecule is O=C(c1cc(Cl)nc(Cl)c1)N1CCN(c2ncc(-c3ccc(Cl)cc3)cn2)CC1. The molecule has 1 saturated heterocycles. The standard InChI is InChI=1S/C20H16Cl3N5O/c21-16-3-1-13(2-4-16)15-11-24-20(25-12-15)28-7-5-27(6-8-28)19(29)14-9-17(22)26-18(23)10-14/h1-4,9-12H,5-8H2. The summed E-state index contributed by atoms with van der Waals surface area (Å²) in [7, 11) is 0. The van der Waals surface area contributed by atoms with Crippen LogP contribution in [0.5, 0.6) is 0 Å². The van der Waals surface area contributed by atoms with Gasteiger partial charge < -0.3 is 9.80 Å². The number of aromatic nitrogens is 3. The summed E-state index contributed by atoms with van der Waals surface area (Å²) in [5.41, 5.74) is 2.36. The number of hydrogen-bond acceptors (Lipinski definition) is 5. The minimum absolute atomic E-state index is 0.116. The Morgan fingerprint density at radius 2 is 1.41 bits per heavy atom. The van der Waals surface area contributed by atoms with E-state index in [-0.39, 0.29) is 16.2 Å². The van der Waals surface area contributed by atoms with Crippen LogP contribution < -0.4 is 4.90 Å². The molecule has 0 spiro atoms. The second kappa shape index (κ2) is 8.53. The first kappa shape index (κ1) is 19.9. The number of carbonyl (C=O) groups is 1. The van der Waals surface area contributed by atoms with E-state index < -0.39 is 0 Å². The van der Waals surface area contributed by atoms with Gasteiger partial charge in [-0.05, 0) is 29.8 Å². The first-order valence-corrected chi connectivity index (χ1v) is 10.1. The molecule has 0 atom stereocenters. The number of carbonyl (C=O) groups excluding carboxylic acids is 1. The van der Waals surface area contributed by atoms with Crippen molar-refractivity contribution in [3.8, 4) is 11.1 Å². The summed E-state index contributed by atoms with van der Waals surface area (Å²) < 4.78 is 0. The predicted molar refractivity (Wildman–Crippen MR) is 115 cm³/mol. The van der Waals surface area contributed by atoms with Gasteiger partial charge in [0.1, 0.15) is 10.3 Å². The van der Waals surface area contributed by atoms with Gasteiger partial charge in [-0.25, -0.2) is 15.0 Å². The van der Waals surface area contributed by atoms with Gasteiger partial charge in [0.25, 0.3) is 5.91 Å². The van der Waals surface area contributed by atoms with Gasteiger partial charge in [0, 0.05) is 54.7 Å². The van der Waals surface area contributed by atoms with Crippen LogP contribution in [-0.4, -0.2) is 51.9 Å². The number of amides is 1. The third-order valence-corrected chi connectivity index (χ3v) is 5.31. The number of benzene rings is 1. The zero-order valence-electron chi connectivity index (χ0n) is 15.2. The minimum atomic E-state index is -0.116. The fraction of sp³-hybridized carbons (Fsp3) is 0.200. The van der Waals surface area contributed by atoms with Crippen LogP contribution in [0.2, 0.25) is 15.3 Å². The fourth-order valence-corrected chi connectivity index (χ4v) is 3.74. The summed E-state index contributed by atoms with van der Waals surface area (Å²) in [6.07, 6.45) is 3.59. The monoisotopic (exact) mass is 447 g/mol. The molecule has 29 heavy (non-hydrogen) atoms. The molecular formula is C20H16Cl3N5O. The molecule has 1 aromatic carbocycles. The maximum Gasteiger partial charge on any atom is 0.254 e. The van der Waals surface area contributed by atoms with Crippen LogP contribution in [-0.2, 0) is 0 Å². The summed E-state index contributed by atoms with van der Waals surface area (Å²) >= 11 is 17.7. The topological polar surface area (TPSA) is 62.2 Å². The second-order valence-corrected chi connectivity index (χ2v) is 7.77. The maximum atomic E-state index is 12.7. The van der Waals surface area contributed by atoms with Crippen LogP contribution in [0.1, 0.15) is 10.4 Å². The quantitative estimate of drug-likeness (QED) is 0.554. The Morgan fingerprint density at radius 3 is 2.00 bits per heavy atom. The molecule has 0 unspecified atom stereocenters. The van der Waals surface area contributed by atoms with Crippen molar-refractivity contribution in [3.05, 3.63) is 69.7 Å². The summed E-state index contributed by atoms with van der Waals surface area (Å²) in [5, 5.41) is 1.09. The summed E-state index contributed by atoms with van der Waals surface area (Å²) in [5.74, 6) is 0.527. The molecule has 0 saturated carbocycles. The van der Waals surface area contributed by atoms with E-state index in [2.05, 4.69) is 19.9 Å². The van der Waals surface area contributed by atoms with Gasteiger partial charge >= 0.3 is 0 Å². The molecule has 4 rings (SSSR count). The van der Waals surface area contributed by atoms with Crippen molar-refractivity contribution in [2.75, 3.05) is 31.1 Å². The lowest BCUT2D eigenvalue weighted by Crippen LogP contribution is -2.49. The largest absolute Gasteiger partial charge is 0.337 e. The smallest absolute Gasteiger partial charge is 0.254 e. The molecule has 0 bridgehead atoms. The van der Waals surface area contributed by atoms with E-state index in [9.17, 15) is 4.79 Å². The molecule has 6 nitrogen and oxygen atoms in total. The van der Waals surface area contributed by atoms with Crippen LogP contribution in [0.15, 0.2) is 48.8 Å². The van der Waals surface area contributed by atoms with E-state index in [0.29, 0.717) is 42.7 Å². The highest BCUT2D eigenvalue weighted by Gasteiger charge is 2.24. The zero-order chi connectivity index (χ0) is 20.4. The lowest BCUT2D eigenvalue weighted by Gasteiger charge is -2.34. The van der Waals surface area contributed by atoms with Crippen molar-refractivity contribution in [3.63, 3.8) is 0 Å². The Morgan fingerprint density at radius 1 is 0.828 bits per heavy atom. The molecule has 0 N–H and O–H groups in total. The van der Waals surface area contributed by atoms with Crippen LogP contribution in [0.25, 0.3) is 11.1 Å². The fourth-order valence-electron chi connectivity index (χ4n) is 3.16. The Hall–Kier alpha value is -2.41. The lowest BCUT2D eigenvalue weighted by atomic mass is 10.1. The number of piperazine rings is 1. The molecule has 0 radical (unpaired) electrons. The molecule has 1 amide bonds. The van der Waals surface area contributed by atoms with Gasteiger partial charge in [0.2, 0.25) is 5.95 Å². The van der Waals surface area contributed by atoms with Crippen LogP contribution >= 0.6 is 34.8 Å². The highest BCUT2D eigenvalue weighted by molar-refractivity contribution is 6.33. The van der Waals surface area contributed by atoms with E-state index in [4.69, 9.17) is 34.8 Å². The summed E-state index contributed by atoms with van der Waals surface area (Å²) in [4.78, 5) is 29.4. The first-order valence-electron chi connectivity index (χ1n) is 8.95. The second-order valence-electron chi connectivity index (χ2n) is 6.56. The molecule has 3 aromatic rings. The van der Waals surface area contributed by atoms with E-state index in [1.165, 1.54) is 12.1 Å². The molecule has 1 fully saturated rings. The van der Waals surface area contributed by atoms with Crippen LogP contribution in [0.4, 0.5) is 5.95 Å². The summed E-state index contributed by atoms with van der Waals surface area (Å²) in [6.45, 7) is 2.38. The predicted octanol–water partition coefficient (Wildman–Crippen LogP) is 4.46. The van der Waals surface area contributed by atoms with Gasteiger partial charge in [-0.1, -0.05) is 46.9 Å². The van der Waals surface area contributed by atoms with Crippen molar-refractivity contribution >= 4 is 46.7 Å². The molecule has 1 aliphatic heterocycles. The number of anilines is 1. The third kappa shape index (κ3) is 4.61. The molecule has 1 aliphatic rings. The van der Waals surface area contributed by atoms with Gasteiger partial charge in [0.05, 0.1) is 0 Å².